The van der Waals surface area contributed by atoms with Crippen molar-refractivity contribution in [2.75, 3.05) is 0 Å². The Morgan fingerprint density at radius 1 is 1.33 bits per heavy atom. The number of carbonyl (C=O) groups is 2. The average molecular weight is 250 g/mol. The van der Waals surface area contributed by atoms with Gasteiger partial charge in [-0.15, -0.1) is 0 Å². The highest BCUT2D eigenvalue weighted by Gasteiger charge is 2.35. The van der Waals surface area contributed by atoms with Gasteiger partial charge >= 0.3 is 5.97 Å². The number of rotatable bonds is 3. The molecular formula is C15H22O3. The molecule has 0 aromatic rings. The number of Topliss-reactive ketones (excluding diaryl/α,β-unsaturated/α-hetero) is 1. The van der Waals surface area contributed by atoms with E-state index in [2.05, 4.69) is 13.8 Å². The van der Waals surface area contributed by atoms with Gasteiger partial charge in [-0.3, -0.25) is 9.59 Å². The SMILES string of the molecule is C/C=C(\OC(C)=O)C(=O)C1=C(C)CCCC1(C)C. The molecule has 0 aliphatic heterocycles. The van der Waals surface area contributed by atoms with Crippen molar-refractivity contribution >= 4 is 11.8 Å². The highest BCUT2D eigenvalue weighted by Crippen LogP contribution is 2.41. The normalized spacial score (nSPS) is 19.7. The summed E-state index contributed by atoms with van der Waals surface area (Å²) in [5, 5.41) is 0. The second-order valence-corrected chi connectivity index (χ2v) is 5.47. The molecule has 0 N–H and O–H groups in total. The average Bonchev–Trinajstić information content (AvgIpc) is 2.23. The van der Waals surface area contributed by atoms with Gasteiger partial charge in [-0.1, -0.05) is 19.4 Å². The summed E-state index contributed by atoms with van der Waals surface area (Å²) in [5.41, 5.74) is 1.78. The van der Waals surface area contributed by atoms with Gasteiger partial charge in [0.2, 0.25) is 5.78 Å². The van der Waals surface area contributed by atoms with E-state index >= 15 is 0 Å². The molecule has 3 heteroatoms. The van der Waals surface area contributed by atoms with E-state index in [-0.39, 0.29) is 17.0 Å². The van der Waals surface area contributed by atoms with E-state index in [4.69, 9.17) is 4.74 Å². The van der Waals surface area contributed by atoms with Crippen molar-refractivity contribution in [2.24, 2.45) is 5.41 Å². The van der Waals surface area contributed by atoms with Gasteiger partial charge in [-0.05, 0) is 44.6 Å². The molecule has 0 unspecified atom stereocenters. The molecule has 0 fully saturated rings. The first-order valence-corrected chi connectivity index (χ1v) is 6.39. The van der Waals surface area contributed by atoms with Crippen LogP contribution in [0.2, 0.25) is 0 Å². The summed E-state index contributed by atoms with van der Waals surface area (Å²) in [7, 11) is 0. The van der Waals surface area contributed by atoms with Crippen LogP contribution in [0, 0.1) is 5.41 Å². The van der Waals surface area contributed by atoms with Crippen molar-refractivity contribution in [3.63, 3.8) is 0 Å². The van der Waals surface area contributed by atoms with Crippen molar-refractivity contribution in [3.8, 4) is 0 Å². The molecule has 0 heterocycles. The fourth-order valence-electron chi connectivity index (χ4n) is 2.64. The van der Waals surface area contributed by atoms with Gasteiger partial charge < -0.3 is 4.74 Å². The molecule has 0 radical (unpaired) electrons. The maximum absolute atomic E-state index is 12.5. The second kappa shape index (κ2) is 5.51. The second-order valence-electron chi connectivity index (χ2n) is 5.47. The van der Waals surface area contributed by atoms with Crippen LogP contribution in [0.15, 0.2) is 23.0 Å². The summed E-state index contributed by atoms with van der Waals surface area (Å²) < 4.78 is 4.99. The smallest absolute Gasteiger partial charge is 0.308 e. The molecule has 0 saturated heterocycles. The monoisotopic (exact) mass is 250 g/mol. The van der Waals surface area contributed by atoms with Crippen LogP contribution in [0.3, 0.4) is 0 Å². The van der Waals surface area contributed by atoms with Crippen molar-refractivity contribution in [1.29, 1.82) is 0 Å². The van der Waals surface area contributed by atoms with E-state index in [0.717, 1.165) is 30.4 Å². The van der Waals surface area contributed by atoms with Crippen LogP contribution < -0.4 is 0 Å². The molecule has 100 valence electrons. The predicted octanol–water partition coefficient (Wildman–Crippen LogP) is 3.55. The summed E-state index contributed by atoms with van der Waals surface area (Å²) in [5.74, 6) is -0.454. The molecule has 0 amide bonds. The summed E-state index contributed by atoms with van der Waals surface area (Å²) >= 11 is 0. The first-order valence-electron chi connectivity index (χ1n) is 6.39. The molecule has 18 heavy (non-hydrogen) atoms. The van der Waals surface area contributed by atoms with E-state index < -0.39 is 5.97 Å². The summed E-state index contributed by atoms with van der Waals surface area (Å²) in [6.45, 7) is 9.16. The van der Waals surface area contributed by atoms with E-state index in [1.807, 2.05) is 6.92 Å². The molecule has 0 spiro atoms. The minimum atomic E-state index is -0.455. The topological polar surface area (TPSA) is 43.4 Å². The van der Waals surface area contributed by atoms with Gasteiger partial charge in [0, 0.05) is 12.5 Å². The number of esters is 1. The largest absolute Gasteiger partial charge is 0.423 e. The zero-order valence-corrected chi connectivity index (χ0v) is 11.9. The predicted molar refractivity (Wildman–Crippen MR) is 70.9 cm³/mol. The Morgan fingerprint density at radius 3 is 2.39 bits per heavy atom. The molecule has 3 nitrogen and oxygen atoms in total. The molecule has 0 aromatic carbocycles. The zero-order chi connectivity index (χ0) is 13.9. The van der Waals surface area contributed by atoms with Crippen molar-refractivity contribution < 1.29 is 14.3 Å². The van der Waals surface area contributed by atoms with Gasteiger partial charge in [0.1, 0.15) is 0 Å². The Morgan fingerprint density at radius 2 is 1.94 bits per heavy atom. The Balaban J connectivity index is 3.11. The minimum absolute atomic E-state index is 0.144. The van der Waals surface area contributed by atoms with Crippen molar-refractivity contribution in [3.05, 3.63) is 23.0 Å². The van der Waals surface area contributed by atoms with Gasteiger partial charge in [-0.2, -0.15) is 0 Å². The fraction of sp³-hybridized carbons (Fsp3) is 0.600. The van der Waals surface area contributed by atoms with Crippen molar-refractivity contribution in [2.45, 2.75) is 53.9 Å². The Bertz CT molecular complexity index is 425. The summed E-state index contributed by atoms with van der Waals surface area (Å²) in [6.07, 6.45) is 4.60. The van der Waals surface area contributed by atoms with Crippen LogP contribution in [0.1, 0.15) is 53.9 Å². The van der Waals surface area contributed by atoms with E-state index in [9.17, 15) is 9.59 Å². The Labute approximate surface area is 109 Å². The summed E-state index contributed by atoms with van der Waals surface area (Å²) in [4.78, 5) is 23.5. The lowest BCUT2D eigenvalue weighted by Gasteiger charge is -2.33. The highest BCUT2D eigenvalue weighted by molar-refractivity contribution is 6.09. The Hall–Kier alpha value is -1.38. The van der Waals surface area contributed by atoms with Crippen LogP contribution >= 0.6 is 0 Å². The maximum atomic E-state index is 12.5. The standard InChI is InChI=1S/C15H22O3/c1-6-12(18-11(3)16)14(17)13-10(2)8-7-9-15(13,4)5/h6H,7-9H2,1-5H3/b12-6-. The molecule has 0 atom stereocenters. The lowest BCUT2D eigenvalue weighted by atomic mass is 9.71. The van der Waals surface area contributed by atoms with Crippen LogP contribution in [-0.4, -0.2) is 11.8 Å². The number of ether oxygens (including phenoxy) is 1. The molecule has 0 aromatic heterocycles. The number of allylic oxidation sites excluding steroid dienone is 3. The first-order chi connectivity index (χ1) is 8.29. The molecule has 0 saturated carbocycles. The van der Waals surface area contributed by atoms with E-state index in [1.165, 1.54) is 6.92 Å². The quantitative estimate of drug-likeness (QED) is 0.437. The van der Waals surface area contributed by atoms with Gasteiger partial charge in [0.25, 0.3) is 0 Å². The third kappa shape index (κ3) is 3.09. The van der Waals surface area contributed by atoms with Crippen LogP contribution in [0.4, 0.5) is 0 Å². The van der Waals surface area contributed by atoms with Crippen molar-refractivity contribution in [1.82, 2.24) is 0 Å². The van der Waals surface area contributed by atoms with E-state index in [1.54, 1.807) is 13.0 Å². The number of carbonyl (C=O) groups excluding carboxylic acids is 2. The van der Waals surface area contributed by atoms with Gasteiger partial charge in [-0.25, -0.2) is 0 Å². The third-order valence-electron chi connectivity index (χ3n) is 3.42. The minimum Gasteiger partial charge on any atom is -0.423 e. The van der Waals surface area contributed by atoms with E-state index in [0.29, 0.717) is 0 Å². The highest BCUT2D eigenvalue weighted by atomic mass is 16.5. The summed E-state index contributed by atoms with van der Waals surface area (Å²) in [6, 6.07) is 0. The van der Waals surface area contributed by atoms with Crippen LogP contribution in [0.5, 0.6) is 0 Å². The van der Waals surface area contributed by atoms with Gasteiger partial charge in [0.05, 0.1) is 0 Å². The van der Waals surface area contributed by atoms with Gasteiger partial charge in [0.15, 0.2) is 5.76 Å². The number of hydrogen-bond acceptors (Lipinski definition) is 3. The zero-order valence-electron chi connectivity index (χ0n) is 11.9. The molecule has 0 bridgehead atoms. The molecule has 1 rings (SSSR count). The van der Waals surface area contributed by atoms with Crippen LogP contribution in [0.25, 0.3) is 0 Å². The molecular weight excluding hydrogens is 228 g/mol. The third-order valence-corrected chi connectivity index (χ3v) is 3.42. The lowest BCUT2D eigenvalue weighted by molar-refractivity contribution is -0.139. The van der Waals surface area contributed by atoms with Crippen LogP contribution in [-0.2, 0) is 14.3 Å². The fourth-order valence-corrected chi connectivity index (χ4v) is 2.64. The molecule has 1 aliphatic carbocycles. The first kappa shape index (κ1) is 14.7. The Kier molecular flexibility index (Phi) is 4.49. The lowest BCUT2D eigenvalue weighted by Crippen LogP contribution is -2.28. The number of ketones is 1. The maximum Gasteiger partial charge on any atom is 0.308 e. The molecule has 1 aliphatic rings. The number of hydrogen-bond donors (Lipinski definition) is 0.